The van der Waals surface area contributed by atoms with Gasteiger partial charge in [0.25, 0.3) is 0 Å². The summed E-state index contributed by atoms with van der Waals surface area (Å²) in [5.41, 5.74) is 1.32. The van der Waals surface area contributed by atoms with E-state index >= 15 is 0 Å². The predicted octanol–water partition coefficient (Wildman–Crippen LogP) is 2.86. The minimum absolute atomic E-state index is 0.116. The first-order valence-electron chi connectivity index (χ1n) is 8.91. The van der Waals surface area contributed by atoms with Gasteiger partial charge in [-0.15, -0.1) is 0 Å². The molecule has 0 radical (unpaired) electrons. The highest BCUT2D eigenvalue weighted by Crippen LogP contribution is 2.59. The van der Waals surface area contributed by atoms with Crippen LogP contribution in [0.2, 0.25) is 0 Å². The Balaban J connectivity index is 1.70. The van der Waals surface area contributed by atoms with Gasteiger partial charge in [0.15, 0.2) is 5.60 Å². The predicted molar refractivity (Wildman–Crippen MR) is 89.6 cm³/mol. The second kappa shape index (κ2) is 5.50. The third-order valence-corrected chi connectivity index (χ3v) is 6.15. The van der Waals surface area contributed by atoms with Crippen LogP contribution in [-0.4, -0.2) is 34.6 Å². The van der Waals surface area contributed by atoms with Crippen LogP contribution in [0.5, 0.6) is 0 Å². The van der Waals surface area contributed by atoms with Crippen LogP contribution in [0.25, 0.3) is 0 Å². The zero-order chi connectivity index (χ0) is 16.8. The maximum atomic E-state index is 12.1. The van der Waals surface area contributed by atoms with E-state index < -0.39 is 5.60 Å². The van der Waals surface area contributed by atoms with Gasteiger partial charge in [-0.2, -0.15) is 5.26 Å². The second-order valence-corrected chi connectivity index (χ2v) is 7.40. The van der Waals surface area contributed by atoms with Crippen LogP contribution in [0.3, 0.4) is 0 Å². The van der Waals surface area contributed by atoms with Crippen LogP contribution >= 0.6 is 0 Å². The van der Waals surface area contributed by atoms with E-state index in [0.717, 1.165) is 37.0 Å². The summed E-state index contributed by atoms with van der Waals surface area (Å²) in [7, 11) is 0. The van der Waals surface area contributed by atoms with Gasteiger partial charge in [-0.1, -0.05) is 24.3 Å². The molecule has 24 heavy (non-hydrogen) atoms. The van der Waals surface area contributed by atoms with Gasteiger partial charge in [-0.25, -0.2) is 4.79 Å². The molecule has 0 unspecified atom stereocenters. The summed E-state index contributed by atoms with van der Waals surface area (Å²) in [6.07, 6.45) is 10.3. The summed E-state index contributed by atoms with van der Waals surface area (Å²) in [6.45, 7) is 3.32. The molecule has 0 aromatic rings. The smallest absolute Gasteiger partial charge is 0.332 e. The van der Waals surface area contributed by atoms with E-state index in [-0.39, 0.29) is 11.5 Å². The van der Waals surface area contributed by atoms with E-state index in [1.54, 1.807) is 6.08 Å². The van der Waals surface area contributed by atoms with Crippen molar-refractivity contribution in [3.05, 3.63) is 23.3 Å². The van der Waals surface area contributed by atoms with Crippen molar-refractivity contribution in [1.29, 1.82) is 5.26 Å². The van der Waals surface area contributed by atoms with E-state index in [0.29, 0.717) is 18.9 Å². The molecular weight excluding hydrogens is 300 g/mol. The molecule has 0 saturated carbocycles. The Morgan fingerprint density at radius 1 is 1.42 bits per heavy atom. The Hall–Kier alpha value is -2.04. The van der Waals surface area contributed by atoms with Crippen molar-refractivity contribution in [2.24, 2.45) is 0 Å². The van der Waals surface area contributed by atoms with Gasteiger partial charge in [-0.05, 0) is 32.7 Å². The van der Waals surface area contributed by atoms with Crippen molar-refractivity contribution in [1.82, 2.24) is 4.90 Å². The van der Waals surface area contributed by atoms with Gasteiger partial charge >= 0.3 is 5.97 Å². The molecule has 0 amide bonds. The zero-order valence-corrected chi connectivity index (χ0v) is 14.1. The Bertz CT molecular complexity index is 748. The maximum absolute atomic E-state index is 12.1. The molecule has 0 N–H and O–H groups in total. The highest BCUT2D eigenvalue weighted by molar-refractivity contribution is 5.90. The summed E-state index contributed by atoms with van der Waals surface area (Å²) in [5.74, 6) is 6.23. The van der Waals surface area contributed by atoms with E-state index in [4.69, 9.17) is 10.00 Å². The first-order valence-corrected chi connectivity index (χ1v) is 8.91. The molecule has 3 heterocycles. The van der Waals surface area contributed by atoms with Crippen molar-refractivity contribution in [3.63, 3.8) is 0 Å². The standard InChI is InChI=1S/C20H22N2O2/c1-19-9-5-7-11-22(19)16-12-15(8-4-2-3-6-10-21)17-13-18(23)24-20(17,19)14-16/h12-13,16H,2-3,5-7,9,11,14H2,1H3/t16-,19-,20+/m1/s1. The number of carbonyl (C=O) groups is 1. The van der Waals surface area contributed by atoms with Gasteiger partial charge in [0.2, 0.25) is 0 Å². The minimum Gasteiger partial charge on any atom is -0.449 e. The fourth-order valence-corrected chi connectivity index (χ4v) is 5.02. The highest BCUT2D eigenvalue weighted by Gasteiger charge is 2.68. The van der Waals surface area contributed by atoms with Crippen molar-refractivity contribution in [3.8, 4) is 17.9 Å². The number of rotatable bonds is 2. The van der Waals surface area contributed by atoms with E-state index in [1.807, 2.05) is 0 Å². The van der Waals surface area contributed by atoms with Crippen molar-refractivity contribution in [2.45, 2.75) is 69.1 Å². The van der Waals surface area contributed by atoms with Crippen LogP contribution in [0.4, 0.5) is 0 Å². The Morgan fingerprint density at radius 2 is 2.29 bits per heavy atom. The van der Waals surface area contributed by atoms with Gasteiger partial charge in [0.05, 0.1) is 11.6 Å². The molecule has 1 aliphatic carbocycles. The molecule has 4 aliphatic rings. The van der Waals surface area contributed by atoms with Crippen LogP contribution < -0.4 is 0 Å². The number of nitriles is 1. The van der Waals surface area contributed by atoms with E-state index in [1.165, 1.54) is 12.8 Å². The summed E-state index contributed by atoms with van der Waals surface area (Å²) < 4.78 is 5.97. The molecule has 3 aliphatic heterocycles. The van der Waals surface area contributed by atoms with E-state index in [2.05, 4.69) is 35.8 Å². The fourth-order valence-electron chi connectivity index (χ4n) is 5.02. The monoisotopic (exact) mass is 322 g/mol. The summed E-state index contributed by atoms with van der Waals surface area (Å²) in [5, 5.41) is 8.61. The Kier molecular flexibility index (Phi) is 3.55. The second-order valence-electron chi connectivity index (χ2n) is 7.40. The molecule has 4 nitrogen and oxygen atoms in total. The number of hydrogen-bond acceptors (Lipinski definition) is 4. The van der Waals surface area contributed by atoms with E-state index in [9.17, 15) is 4.79 Å². The van der Waals surface area contributed by atoms with Crippen LogP contribution in [0.15, 0.2) is 23.3 Å². The molecule has 2 fully saturated rings. The molecule has 2 saturated heterocycles. The normalized spacial score (nSPS) is 36.5. The lowest BCUT2D eigenvalue weighted by Gasteiger charge is -2.47. The minimum atomic E-state index is -0.513. The van der Waals surface area contributed by atoms with Gasteiger partial charge in [0.1, 0.15) is 0 Å². The number of piperidine rings is 1. The molecule has 0 aromatic carbocycles. The molecular formula is C20H22N2O2. The lowest BCUT2D eigenvalue weighted by Crippen LogP contribution is -2.58. The largest absolute Gasteiger partial charge is 0.449 e. The highest BCUT2D eigenvalue weighted by atomic mass is 16.6. The number of hydrogen-bond donors (Lipinski definition) is 0. The molecule has 3 atom stereocenters. The Labute approximate surface area is 143 Å². The SMILES string of the molecule is C[C@]12CCCCN1[C@@H]1C=C(C#CCCCC#N)C3=CC(=O)O[C@@]32C1. The molecule has 2 bridgehead atoms. The number of ether oxygens (including phenoxy) is 1. The summed E-state index contributed by atoms with van der Waals surface area (Å²) >= 11 is 0. The average Bonchev–Trinajstić information content (AvgIpc) is 3.01. The lowest BCUT2D eigenvalue weighted by atomic mass is 9.69. The number of esters is 1. The van der Waals surface area contributed by atoms with Gasteiger partial charge < -0.3 is 4.74 Å². The Morgan fingerprint density at radius 3 is 3.12 bits per heavy atom. The van der Waals surface area contributed by atoms with Crippen LogP contribution in [-0.2, 0) is 9.53 Å². The van der Waals surface area contributed by atoms with Crippen LogP contribution in [0.1, 0.15) is 51.9 Å². The van der Waals surface area contributed by atoms with Crippen LogP contribution in [0, 0.1) is 23.2 Å². The third kappa shape index (κ3) is 2.00. The number of fused-ring (bicyclic) bond motifs is 3. The summed E-state index contributed by atoms with van der Waals surface area (Å²) in [4.78, 5) is 14.7. The quantitative estimate of drug-likeness (QED) is 0.446. The number of unbranched alkanes of at least 4 members (excludes halogenated alkanes) is 2. The molecule has 1 spiro atoms. The maximum Gasteiger partial charge on any atom is 0.332 e. The molecule has 0 aromatic heterocycles. The topological polar surface area (TPSA) is 53.3 Å². The lowest BCUT2D eigenvalue weighted by molar-refractivity contribution is -0.154. The average molecular weight is 322 g/mol. The number of nitrogens with zero attached hydrogens (tertiary/aromatic N) is 2. The third-order valence-electron chi connectivity index (χ3n) is 6.15. The zero-order valence-electron chi connectivity index (χ0n) is 14.1. The fraction of sp³-hybridized carbons (Fsp3) is 0.600. The van der Waals surface area contributed by atoms with Crippen molar-refractivity contribution < 1.29 is 9.53 Å². The van der Waals surface area contributed by atoms with Crippen molar-refractivity contribution >= 4 is 5.97 Å². The molecule has 4 heteroatoms. The first kappa shape index (κ1) is 15.5. The number of carbonyl (C=O) groups excluding carboxylic acids is 1. The van der Waals surface area contributed by atoms with Gasteiger partial charge in [0, 0.05) is 42.5 Å². The molecule has 124 valence electrons. The summed E-state index contributed by atoms with van der Waals surface area (Å²) in [6, 6.07) is 2.45. The van der Waals surface area contributed by atoms with Crippen molar-refractivity contribution in [2.75, 3.05) is 6.54 Å². The molecule has 4 rings (SSSR count). The first-order chi connectivity index (χ1) is 11.6. The van der Waals surface area contributed by atoms with Gasteiger partial charge in [-0.3, -0.25) is 4.90 Å².